The van der Waals surface area contributed by atoms with E-state index in [-0.39, 0.29) is 0 Å². The average Bonchev–Trinajstić information content (AvgIpc) is 1.98. The number of hydrogen-bond acceptors (Lipinski definition) is 2. The summed E-state index contributed by atoms with van der Waals surface area (Å²) in [6.45, 7) is 6.95. The van der Waals surface area contributed by atoms with Gasteiger partial charge in [-0.1, -0.05) is 20.8 Å². The van der Waals surface area contributed by atoms with Crippen molar-refractivity contribution in [3.63, 3.8) is 0 Å². The third-order valence-electron chi connectivity index (χ3n) is 1.81. The van der Waals surface area contributed by atoms with Crippen molar-refractivity contribution in [3.8, 4) is 0 Å². The van der Waals surface area contributed by atoms with Crippen molar-refractivity contribution in [2.75, 3.05) is 12.3 Å². The van der Waals surface area contributed by atoms with Crippen LogP contribution in [0.15, 0.2) is 0 Å². The zero-order chi connectivity index (χ0) is 9.56. The van der Waals surface area contributed by atoms with Crippen LogP contribution in [0.2, 0.25) is 0 Å². The standard InChI is InChI=1S/C9H21NOS/c1-4-9(5-6-10)12(11)7-8(2)3/h8-9H,4-7,10H2,1-3H3. The van der Waals surface area contributed by atoms with E-state index in [1.165, 1.54) is 0 Å². The summed E-state index contributed by atoms with van der Waals surface area (Å²) in [5.74, 6) is 1.34. The van der Waals surface area contributed by atoms with Gasteiger partial charge in [-0.25, -0.2) is 0 Å². The van der Waals surface area contributed by atoms with E-state index in [4.69, 9.17) is 5.73 Å². The average molecular weight is 191 g/mol. The van der Waals surface area contributed by atoms with E-state index in [0.29, 0.717) is 17.7 Å². The molecular weight excluding hydrogens is 170 g/mol. The molecule has 0 aliphatic carbocycles. The minimum atomic E-state index is -0.668. The molecule has 0 heterocycles. The zero-order valence-electron chi connectivity index (χ0n) is 8.38. The van der Waals surface area contributed by atoms with Gasteiger partial charge < -0.3 is 5.73 Å². The first-order valence-electron chi connectivity index (χ1n) is 4.69. The topological polar surface area (TPSA) is 43.1 Å². The predicted octanol–water partition coefficient (Wildman–Crippen LogP) is 1.52. The van der Waals surface area contributed by atoms with Gasteiger partial charge in [0.25, 0.3) is 0 Å². The van der Waals surface area contributed by atoms with Crippen LogP contribution >= 0.6 is 0 Å². The molecule has 74 valence electrons. The van der Waals surface area contributed by atoms with Crippen molar-refractivity contribution in [1.29, 1.82) is 0 Å². The van der Waals surface area contributed by atoms with Gasteiger partial charge in [0.05, 0.1) is 0 Å². The highest BCUT2D eigenvalue weighted by Crippen LogP contribution is 2.09. The van der Waals surface area contributed by atoms with E-state index in [1.807, 2.05) is 0 Å². The molecule has 2 nitrogen and oxygen atoms in total. The quantitative estimate of drug-likeness (QED) is 0.691. The Bertz CT molecular complexity index is 136. The number of nitrogens with two attached hydrogens (primary N) is 1. The molecule has 0 aromatic heterocycles. The first-order valence-corrected chi connectivity index (χ1v) is 6.07. The molecule has 0 aromatic rings. The van der Waals surface area contributed by atoms with Crippen LogP contribution < -0.4 is 5.73 Å². The highest BCUT2D eigenvalue weighted by molar-refractivity contribution is 7.85. The summed E-state index contributed by atoms with van der Waals surface area (Å²) >= 11 is 0. The van der Waals surface area contributed by atoms with Gasteiger partial charge in [-0.05, 0) is 25.3 Å². The molecule has 2 unspecified atom stereocenters. The van der Waals surface area contributed by atoms with Crippen molar-refractivity contribution >= 4 is 10.8 Å². The van der Waals surface area contributed by atoms with Crippen LogP contribution in [-0.2, 0) is 10.8 Å². The van der Waals surface area contributed by atoms with Crippen LogP contribution in [0.3, 0.4) is 0 Å². The maximum atomic E-state index is 11.6. The lowest BCUT2D eigenvalue weighted by molar-refractivity contribution is 0.634. The second kappa shape index (κ2) is 6.61. The maximum absolute atomic E-state index is 11.6. The SMILES string of the molecule is CCC(CCN)S(=O)CC(C)C. The molecule has 0 spiro atoms. The van der Waals surface area contributed by atoms with Crippen molar-refractivity contribution in [3.05, 3.63) is 0 Å². The van der Waals surface area contributed by atoms with E-state index >= 15 is 0 Å². The third kappa shape index (κ3) is 4.88. The summed E-state index contributed by atoms with van der Waals surface area (Å²) in [6, 6.07) is 0. The van der Waals surface area contributed by atoms with E-state index < -0.39 is 10.8 Å². The predicted molar refractivity (Wildman–Crippen MR) is 55.6 cm³/mol. The molecule has 0 aliphatic heterocycles. The molecule has 0 rings (SSSR count). The Labute approximate surface area is 78.4 Å². The fourth-order valence-corrected chi connectivity index (χ4v) is 2.87. The first-order chi connectivity index (χ1) is 5.61. The van der Waals surface area contributed by atoms with Gasteiger partial charge in [-0.3, -0.25) is 4.21 Å². The summed E-state index contributed by atoms with van der Waals surface area (Å²) in [5, 5.41) is 0.317. The molecule has 12 heavy (non-hydrogen) atoms. The Morgan fingerprint density at radius 2 is 2.00 bits per heavy atom. The zero-order valence-corrected chi connectivity index (χ0v) is 9.19. The van der Waals surface area contributed by atoms with Crippen LogP contribution in [-0.4, -0.2) is 21.8 Å². The highest BCUT2D eigenvalue weighted by atomic mass is 32.2. The maximum Gasteiger partial charge on any atom is 0.0357 e. The minimum absolute atomic E-state index is 0.317. The number of hydrogen-bond donors (Lipinski definition) is 1. The molecule has 0 aromatic carbocycles. The lowest BCUT2D eigenvalue weighted by Crippen LogP contribution is -2.22. The first kappa shape index (κ1) is 12.1. The molecule has 0 radical (unpaired) electrons. The Kier molecular flexibility index (Phi) is 6.67. The summed E-state index contributed by atoms with van der Waals surface area (Å²) in [5.41, 5.74) is 5.44. The van der Waals surface area contributed by atoms with Gasteiger partial charge in [0.15, 0.2) is 0 Å². The molecule has 2 N–H and O–H groups in total. The van der Waals surface area contributed by atoms with Crippen LogP contribution in [0.5, 0.6) is 0 Å². The van der Waals surface area contributed by atoms with Gasteiger partial charge >= 0.3 is 0 Å². The summed E-state index contributed by atoms with van der Waals surface area (Å²) in [7, 11) is -0.668. The van der Waals surface area contributed by atoms with Crippen LogP contribution in [0.4, 0.5) is 0 Å². The lowest BCUT2D eigenvalue weighted by atomic mass is 10.2. The Balaban J connectivity index is 3.85. The molecule has 2 atom stereocenters. The van der Waals surface area contributed by atoms with E-state index in [1.54, 1.807) is 0 Å². The van der Waals surface area contributed by atoms with Crippen LogP contribution in [0.1, 0.15) is 33.6 Å². The fraction of sp³-hybridized carbons (Fsp3) is 1.00. The number of rotatable bonds is 6. The van der Waals surface area contributed by atoms with Gasteiger partial charge in [0.1, 0.15) is 0 Å². The van der Waals surface area contributed by atoms with Crippen molar-refractivity contribution in [1.82, 2.24) is 0 Å². The van der Waals surface area contributed by atoms with E-state index in [9.17, 15) is 4.21 Å². The normalized spacial score (nSPS) is 16.4. The molecule has 0 saturated carbocycles. The van der Waals surface area contributed by atoms with Crippen LogP contribution in [0.25, 0.3) is 0 Å². The Morgan fingerprint density at radius 3 is 2.33 bits per heavy atom. The second-order valence-electron chi connectivity index (χ2n) is 3.55. The molecule has 0 bridgehead atoms. The fourth-order valence-electron chi connectivity index (χ4n) is 1.17. The third-order valence-corrected chi connectivity index (χ3v) is 4.12. The Hall–Kier alpha value is 0.110. The monoisotopic (exact) mass is 191 g/mol. The van der Waals surface area contributed by atoms with Gasteiger partial charge in [-0.2, -0.15) is 0 Å². The molecular formula is C9H21NOS. The minimum Gasteiger partial charge on any atom is -0.330 e. The van der Waals surface area contributed by atoms with Gasteiger partial charge in [0, 0.05) is 21.8 Å². The molecule has 3 heteroatoms. The van der Waals surface area contributed by atoms with Gasteiger partial charge in [0.2, 0.25) is 0 Å². The van der Waals surface area contributed by atoms with Crippen molar-refractivity contribution in [2.45, 2.75) is 38.9 Å². The van der Waals surface area contributed by atoms with Crippen molar-refractivity contribution < 1.29 is 4.21 Å². The molecule has 0 fully saturated rings. The molecule has 0 saturated heterocycles. The van der Waals surface area contributed by atoms with Crippen LogP contribution in [0, 0.1) is 5.92 Å². The molecule has 0 amide bonds. The second-order valence-corrected chi connectivity index (χ2v) is 5.31. The smallest absolute Gasteiger partial charge is 0.0357 e. The Morgan fingerprint density at radius 1 is 1.42 bits per heavy atom. The highest BCUT2D eigenvalue weighted by Gasteiger charge is 2.14. The van der Waals surface area contributed by atoms with Gasteiger partial charge in [-0.15, -0.1) is 0 Å². The van der Waals surface area contributed by atoms with E-state index in [0.717, 1.165) is 18.6 Å². The summed E-state index contributed by atoms with van der Waals surface area (Å²) in [4.78, 5) is 0. The van der Waals surface area contributed by atoms with E-state index in [2.05, 4.69) is 20.8 Å². The molecule has 0 aliphatic rings. The largest absolute Gasteiger partial charge is 0.330 e. The lowest BCUT2D eigenvalue weighted by Gasteiger charge is -2.14. The summed E-state index contributed by atoms with van der Waals surface area (Å²) in [6.07, 6.45) is 1.88. The van der Waals surface area contributed by atoms with Crippen molar-refractivity contribution in [2.24, 2.45) is 11.7 Å². The summed E-state index contributed by atoms with van der Waals surface area (Å²) < 4.78 is 11.6.